The van der Waals surface area contributed by atoms with Gasteiger partial charge in [0.25, 0.3) is 0 Å². The predicted octanol–water partition coefficient (Wildman–Crippen LogP) is 2.74. The Morgan fingerprint density at radius 3 is 2.59 bits per heavy atom. The first kappa shape index (κ1) is 22.0. The highest BCUT2D eigenvalue weighted by Gasteiger charge is 2.44. The Labute approximate surface area is 171 Å². The van der Waals surface area contributed by atoms with Gasteiger partial charge >= 0.3 is 12.1 Å². The second-order valence-corrected chi connectivity index (χ2v) is 8.57. The van der Waals surface area contributed by atoms with Gasteiger partial charge in [-0.3, -0.25) is 9.69 Å². The van der Waals surface area contributed by atoms with Crippen molar-refractivity contribution in [1.29, 1.82) is 0 Å². The number of piperidine rings is 1. The molecule has 10 heteroatoms. The zero-order valence-electron chi connectivity index (χ0n) is 15.9. The Kier molecular flexibility index (Phi) is 7.18. The van der Waals surface area contributed by atoms with Gasteiger partial charge in [-0.05, 0) is 47.6 Å². The molecule has 0 spiro atoms. The summed E-state index contributed by atoms with van der Waals surface area (Å²) in [7, 11) is 0. The molecule has 1 amide bonds. The molecule has 3 atom stereocenters. The van der Waals surface area contributed by atoms with E-state index in [1.54, 1.807) is 11.3 Å². The molecule has 0 radical (unpaired) electrons. The summed E-state index contributed by atoms with van der Waals surface area (Å²) in [6.45, 7) is 4.46. The van der Waals surface area contributed by atoms with E-state index in [1.807, 2.05) is 0 Å². The van der Waals surface area contributed by atoms with Gasteiger partial charge in [0.15, 0.2) is 0 Å². The van der Waals surface area contributed by atoms with Gasteiger partial charge in [0.2, 0.25) is 5.91 Å². The molecule has 2 N–H and O–H groups in total. The number of halogens is 3. The number of hydrogen-bond acceptors (Lipinski definition) is 5. The van der Waals surface area contributed by atoms with Gasteiger partial charge in [0.05, 0.1) is 12.0 Å². The van der Waals surface area contributed by atoms with Crippen LogP contribution in [0.3, 0.4) is 0 Å². The minimum Gasteiger partial charge on any atom is -0.475 e. The van der Waals surface area contributed by atoms with E-state index in [-0.39, 0.29) is 17.9 Å². The van der Waals surface area contributed by atoms with Crippen LogP contribution in [0.2, 0.25) is 0 Å². The molecule has 3 aliphatic rings. The van der Waals surface area contributed by atoms with E-state index in [9.17, 15) is 18.0 Å². The molecule has 2 aliphatic heterocycles. The summed E-state index contributed by atoms with van der Waals surface area (Å²) in [4.78, 5) is 23.9. The molecule has 3 fully saturated rings. The first-order valence-corrected chi connectivity index (χ1v) is 10.6. The minimum atomic E-state index is -5.08. The van der Waals surface area contributed by atoms with Gasteiger partial charge in [-0.15, -0.1) is 0 Å². The highest BCUT2D eigenvalue weighted by atomic mass is 32.1. The molecule has 0 bridgehead atoms. The van der Waals surface area contributed by atoms with Crippen LogP contribution in [-0.4, -0.2) is 60.4 Å². The van der Waals surface area contributed by atoms with E-state index >= 15 is 0 Å². The number of nitrogens with one attached hydrogen (secondary N) is 1. The molecule has 0 unspecified atom stereocenters. The first-order valence-electron chi connectivity index (χ1n) is 9.67. The summed E-state index contributed by atoms with van der Waals surface area (Å²) in [6.07, 6.45) is -1.24. The number of carbonyl (C=O) groups is 2. The van der Waals surface area contributed by atoms with E-state index in [4.69, 9.17) is 14.6 Å². The number of carboxylic acids is 1. The lowest BCUT2D eigenvalue weighted by Gasteiger charge is -2.39. The van der Waals surface area contributed by atoms with E-state index in [0.717, 1.165) is 45.1 Å². The Morgan fingerprint density at radius 1 is 1.28 bits per heavy atom. The van der Waals surface area contributed by atoms with Gasteiger partial charge in [0, 0.05) is 38.7 Å². The molecule has 0 aromatic carbocycles. The molecule has 1 aromatic heterocycles. The van der Waals surface area contributed by atoms with Crippen molar-refractivity contribution in [1.82, 2.24) is 10.2 Å². The number of aliphatic carboxylic acids is 1. The number of carboxylic acid groups (broad SMARTS) is 1. The van der Waals surface area contributed by atoms with Gasteiger partial charge < -0.3 is 15.2 Å². The number of likely N-dealkylation sites (tertiary alicyclic amines) is 1. The normalized spacial score (nSPS) is 26.9. The number of thiophene rings is 1. The fraction of sp³-hybridized carbons (Fsp3) is 0.684. The van der Waals surface area contributed by atoms with Crippen LogP contribution in [-0.2, 0) is 20.9 Å². The van der Waals surface area contributed by atoms with Crippen LogP contribution in [0.1, 0.15) is 24.8 Å². The van der Waals surface area contributed by atoms with Crippen LogP contribution in [0.4, 0.5) is 13.2 Å². The van der Waals surface area contributed by atoms with Crippen molar-refractivity contribution < 1.29 is 32.6 Å². The average Bonchev–Trinajstić information content (AvgIpc) is 3.12. The Hall–Kier alpha value is -1.65. The largest absolute Gasteiger partial charge is 0.490 e. The number of nitrogens with zero attached hydrogens (tertiary/aromatic N) is 1. The zero-order valence-corrected chi connectivity index (χ0v) is 16.7. The maximum atomic E-state index is 12.6. The smallest absolute Gasteiger partial charge is 0.475 e. The van der Waals surface area contributed by atoms with Gasteiger partial charge in [-0.25, -0.2) is 4.79 Å². The van der Waals surface area contributed by atoms with Crippen molar-refractivity contribution in [2.75, 3.05) is 26.2 Å². The SMILES string of the molecule is O=C(NCC1CC1)[C@@H]1CN(Cc2ccsc2)C[C@H]2OCC[C@H]21.O=C(O)C(F)(F)F. The molecule has 29 heavy (non-hydrogen) atoms. The molecule has 1 aliphatic carbocycles. The third kappa shape index (κ3) is 6.42. The monoisotopic (exact) mass is 434 g/mol. The molecule has 1 saturated carbocycles. The molecule has 4 rings (SSSR count). The molecular formula is C19H25F3N2O4S. The summed E-state index contributed by atoms with van der Waals surface area (Å²) in [5.41, 5.74) is 1.35. The van der Waals surface area contributed by atoms with Crippen LogP contribution in [0.15, 0.2) is 16.8 Å². The average molecular weight is 434 g/mol. The number of rotatable bonds is 5. The third-order valence-electron chi connectivity index (χ3n) is 5.50. The van der Waals surface area contributed by atoms with E-state index in [1.165, 1.54) is 18.4 Å². The van der Waals surface area contributed by atoms with Crippen molar-refractivity contribution in [3.8, 4) is 0 Å². The van der Waals surface area contributed by atoms with E-state index < -0.39 is 12.1 Å². The maximum absolute atomic E-state index is 12.6. The second kappa shape index (κ2) is 9.44. The molecule has 3 heterocycles. The number of ether oxygens (including phenoxy) is 1. The number of carbonyl (C=O) groups excluding carboxylic acids is 1. The highest BCUT2D eigenvalue weighted by molar-refractivity contribution is 7.07. The van der Waals surface area contributed by atoms with Gasteiger partial charge in [-0.2, -0.15) is 24.5 Å². The lowest BCUT2D eigenvalue weighted by Crippen LogP contribution is -2.52. The zero-order chi connectivity index (χ0) is 21.0. The van der Waals surface area contributed by atoms with Crippen molar-refractivity contribution in [2.45, 2.75) is 38.1 Å². The predicted molar refractivity (Wildman–Crippen MR) is 100 cm³/mol. The number of amides is 1. The van der Waals surface area contributed by atoms with Crippen molar-refractivity contribution in [3.63, 3.8) is 0 Å². The minimum absolute atomic E-state index is 0.0960. The third-order valence-corrected chi connectivity index (χ3v) is 6.23. The lowest BCUT2D eigenvalue weighted by atomic mass is 9.82. The topological polar surface area (TPSA) is 78.9 Å². The van der Waals surface area contributed by atoms with Gasteiger partial charge in [-0.1, -0.05) is 0 Å². The van der Waals surface area contributed by atoms with Crippen LogP contribution >= 0.6 is 11.3 Å². The number of hydrogen-bond donors (Lipinski definition) is 2. The Morgan fingerprint density at radius 2 is 2.00 bits per heavy atom. The van der Waals surface area contributed by atoms with Crippen molar-refractivity contribution in [2.24, 2.45) is 17.8 Å². The summed E-state index contributed by atoms with van der Waals surface area (Å²) in [6, 6.07) is 2.18. The van der Waals surface area contributed by atoms with Crippen LogP contribution in [0.25, 0.3) is 0 Å². The van der Waals surface area contributed by atoms with Crippen LogP contribution in [0, 0.1) is 17.8 Å². The molecule has 1 aromatic rings. The summed E-state index contributed by atoms with van der Waals surface area (Å²) >= 11 is 1.74. The van der Waals surface area contributed by atoms with Crippen LogP contribution < -0.4 is 5.32 Å². The number of alkyl halides is 3. The second-order valence-electron chi connectivity index (χ2n) is 7.79. The van der Waals surface area contributed by atoms with Crippen molar-refractivity contribution in [3.05, 3.63) is 22.4 Å². The quantitative estimate of drug-likeness (QED) is 0.745. The fourth-order valence-electron chi connectivity index (χ4n) is 3.80. The van der Waals surface area contributed by atoms with Gasteiger partial charge in [0.1, 0.15) is 0 Å². The Bertz CT molecular complexity index is 694. The van der Waals surface area contributed by atoms with Crippen molar-refractivity contribution >= 4 is 23.2 Å². The standard InChI is InChI=1S/C17H24N2O2S.C2HF3O2/c20-17(18-7-12-1-2-12)15-9-19(8-13-4-6-22-11-13)10-16-14(15)3-5-21-16;3-2(4,5)1(6)7/h4,6,11-12,14-16H,1-3,5,7-10H2,(H,18,20);(H,6,7)/t14-,15+,16+;/m0./s1. The van der Waals surface area contributed by atoms with E-state index in [0.29, 0.717) is 5.92 Å². The summed E-state index contributed by atoms with van der Waals surface area (Å²) in [5, 5.41) is 14.6. The highest BCUT2D eigenvalue weighted by Crippen LogP contribution is 2.35. The van der Waals surface area contributed by atoms with Crippen LogP contribution in [0.5, 0.6) is 0 Å². The number of fused-ring (bicyclic) bond motifs is 1. The maximum Gasteiger partial charge on any atom is 0.490 e. The van der Waals surface area contributed by atoms with E-state index in [2.05, 4.69) is 27.0 Å². The summed E-state index contributed by atoms with van der Waals surface area (Å²) in [5.74, 6) is -1.25. The molecular weight excluding hydrogens is 409 g/mol. The summed E-state index contributed by atoms with van der Waals surface area (Å²) < 4.78 is 37.6. The fourth-order valence-corrected chi connectivity index (χ4v) is 4.46. The molecule has 2 saturated heterocycles. The first-order chi connectivity index (χ1) is 13.7. The lowest BCUT2D eigenvalue weighted by molar-refractivity contribution is -0.192. The molecule has 162 valence electrons. The molecule has 6 nitrogen and oxygen atoms in total. The Balaban J connectivity index is 0.000000298.